The second kappa shape index (κ2) is 6.78. The molecule has 0 saturated heterocycles. The third kappa shape index (κ3) is 4.02. The molecule has 2 N–H and O–H groups in total. The molecule has 1 amide bonds. The Morgan fingerprint density at radius 1 is 1.24 bits per heavy atom. The maximum atomic E-state index is 12.5. The number of carbonyl (C=O) groups is 1. The molecule has 1 aliphatic rings. The van der Waals surface area contributed by atoms with E-state index in [9.17, 15) is 13.2 Å². The van der Waals surface area contributed by atoms with Gasteiger partial charge < -0.3 is 10.1 Å². The number of sulfonamides is 1. The van der Waals surface area contributed by atoms with Gasteiger partial charge in [-0.2, -0.15) is 0 Å². The van der Waals surface area contributed by atoms with E-state index in [-0.39, 0.29) is 16.8 Å². The molecule has 2 aromatic rings. The SMILES string of the molecule is COc1ccc(S(=O)(=O)NC2CC2)cc1NC(=O)c1cc(C)sc1C. The first-order chi connectivity index (χ1) is 11.8. The minimum Gasteiger partial charge on any atom is -0.495 e. The van der Waals surface area contributed by atoms with Crippen LogP contribution in [-0.4, -0.2) is 27.5 Å². The molecule has 1 aliphatic carbocycles. The molecule has 3 rings (SSSR count). The van der Waals surface area contributed by atoms with E-state index in [1.165, 1.54) is 19.2 Å². The van der Waals surface area contributed by atoms with Gasteiger partial charge in [0.1, 0.15) is 5.75 Å². The summed E-state index contributed by atoms with van der Waals surface area (Å²) in [5, 5.41) is 2.76. The molecule has 0 atom stereocenters. The van der Waals surface area contributed by atoms with Gasteiger partial charge in [0.15, 0.2) is 0 Å². The Kier molecular flexibility index (Phi) is 4.86. The number of nitrogens with one attached hydrogen (secondary N) is 2. The zero-order valence-electron chi connectivity index (χ0n) is 14.3. The van der Waals surface area contributed by atoms with Gasteiger partial charge in [-0.05, 0) is 51.0 Å². The summed E-state index contributed by atoms with van der Waals surface area (Å²) >= 11 is 1.54. The standard InChI is InChI=1S/C17H20N2O4S2/c1-10-8-14(11(2)24-10)17(20)18-15-9-13(6-7-16(15)23-3)25(21,22)19-12-4-5-12/h6-9,12,19H,4-5H2,1-3H3,(H,18,20). The molecule has 0 bridgehead atoms. The van der Waals surface area contributed by atoms with Gasteiger partial charge in [-0.1, -0.05) is 0 Å². The van der Waals surface area contributed by atoms with Crippen LogP contribution in [0.25, 0.3) is 0 Å². The van der Waals surface area contributed by atoms with Crippen molar-refractivity contribution in [2.24, 2.45) is 0 Å². The second-order valence-corrected chi connectivity index (χ2v) is 9.21. The molecular formula is C17H20N2O4S2. The monoisotopic (exact) mass is 380 g/mol. The van der Waals surface area contributed by atoms with Crippen molar-refractivity contribution in [2.75, 3.05) is 12.4 Å². The molecule has 0 aliphatic heterocycles. The van der Waals surface area contributed by atoms with Crippen molar-refractivity contribution in [3.05, 3.63) is 39.6 Å². The Bertz CT molecular complexity index is 915. The van der Waals surface area contributed by atoms with Crippen molar-refractivity contribution in [3.8, 4) is 5.75 Å². The molecule has 0 spiro atoms. The van der Waals surface area contributed by atoms with Gasteiger partial charge in [-0.15, -0.1) is 11.3 Å². The predicted octanol–water partition coefficient (Wildman–Crippen LogP) is 3.07. The lowest BCUT2D eigenvalue weighted by atomic mass is 10.2. The van der Waals surface area contributed by atoms with Gasteiger partial charge in [0, 0.05) is 15.8 Å². The van der Waals surface area contributed by atoms with E-state index >= 15 is 0 Å². The number of carbonyl (C=O) groups excluding carboxylic acids is 1. The zero-order chi connectivity index (χ0) is 18.2. The number of anilines is 1. The summed E-state index contributed by atoms with van der Waals surface area (Å²) < 4.78 is 32.6. The van der Waals surface area contributed by atoms with Crippen LogP contribution in [0.4, 0.5) is 5.69 Å². The number of hydrogen-bond acceptors (Lipinski definition) is 5. The number of hydrogen-bond donors (Lipinski definition) is 2. The highest BCUT2D eigenvalue weighted by molar-refractivity contribution is 7.89. The van der Waals surface area contributed by atoms with E-state index < -0.39 is 10.0 Å². The third-order valence-corrected chi connectivity index (χ3v) is 6.40. The minimum atomic E-state index is -3.60. The normalized spacial score (nSPS) is 14.4. The average Bonchev–Trinajstić information content (AvgIpc) is 3.28. The average molecular weight is 380 g/mol. The first-order valence-electron chi connectivity index (χ1n) is 7.89. The van der Waals surface area contributed by atoms with Crippen LogP contribution in [0.3, 0.4) is 0 Å². The largest absolute Gasteiger partial charge is 0.495 e. The fraction of sp³-hybridized carbons (Fsp3) is 0.353. The van der Waals surface area contributed by atoms with Crippen LogP contribution >= 0.6 is 11.3 Å². The maximum absolute atomic E-state index is 12.5. The van der Waals surface area contributed by atoms with Crippen molar-refractivity contribution >= 4 is 33.0 Å². The number of benzene rings is 1. The van der Waals surface area contributed by atoms with Gasteiger partial charge >= 0.3 is 0 Å². The Balaban J connectivity index is 1.90. The topological polar surface area (TPSA) is 84.5 Å². The van der Waals surface area contributed by atoms with E-state index in [4.69, 9.17) is 4.74 Å². The Labute approximate surface area is 151 Å². The molecule has 1 fully saturated rings. The van der Waals surface area contributed by atoms with Gasteiger partial charge in [0.2, 0.25) is 10.0 Å². The van der Waals surface area contributed by atoms with Gasteiger partial charge in [0.25, 0.3) is 5.91 Å². The van der Waals surface area contributed by atoms with Crippen LogP contribution in [0.1, 0.15) is 33.0 Å². The molecule has 0 unspecified atom stereocenters. The lowest BCUT2D eigenvalue weighted by Crippen LogP contribution is -2.26. The number of amides is 1. The van der Waals surface area contributed by atoms with Gasteiger partial charge in [-0.25, -0.2) is 13.1 Å². The molecule has 8 heteroatoms. The fourth-order valence-electron chi connectivity index (χ4n) is 2.49. The summed E-state index contributed by atoms with van der Waals surface area (Å²) in [6.45, 7) is 3.82. The van der Waals surface area contributed by atoms with E-state index in [1.54, 1.807) is 17.4 Å². The molecule has 0 radical (unpaired) electrons. The Morgan fingerprint density at radius 2 is 1.96 bits per heavy atom. The van der Waals surface area contributed by atoms with Crippen LogP contribution in [0.15, 0.2) is 29.2 Å². The number of thiophene rings is 1. The summed E-state index contributed by atoms with van der Waals surface area (Å²) in [4.78, 5) is 14.6. The van der Waals surface area contributed by atoms with Crippen LogP contribution in [0, 0.1) is 13.8 Å². The Hall–Kier alpha value is -1.90. The van der Waals surface area contributed by atoms with Crippen molar-refractivity contribution in [1.29, 1.82) is 0 Å². The lowest BCUT2D eigenvalue weighted by molar-refractivity contribution is 0.102. The zero-order valence-corrected chi connectivity index (χ0v) is 15.9. The molecule has 1 heterocycles. The predicted molar refractivity (Wildman–Crippen MR) is 98.1 cm³/mol. The highest BCUT2D eigenvalue weighted by Gasteiger charge is 2.28. The van der Waals surface area contributed by atoms with Crippen LogP contribution in [0.2, 0.25) is 0 Å². The maximum Gasteiger partial charge on any atom is 0.256 e. The first-order valence-corrected chi connectivity index (χ1v) is 10.2. The fourth-order valence-corrected chi connectivity index (χ4v) is 4.74. The summed E-state index contributed by atoms with van der Waals surface area (Å²) in [5.74, 6) is 0.119. The summed E-state index contributed by atoms with van der Waals surface area (Å²) in [5.41, 5.74) is 0.906. The van der Waals surface area contributed by atoms with Crippen molar-refractivity contribution < 1.29 is 17.9 Å². The smallest absolute Gasteiger partial charge is 0.256 e. The van der Waals surface area contributed by atoms with Crippen LogP contribution in [-0.2, 0) is 10.0 Å². The summed E-state index contributed by atoms with van der Waals surface area (Å²) in [6.07, 6.45) is 1.71. The lowest BCUT2D eigenvalue weighted by Gasteiger charge is -2.13. The molecule has 1 aromatic heterocycles. The van der Waals surface area contributed by atoms with E-state index in [1.807, 2.05) is 19.9 Å². The van der Waals surface area contributed by atoms with Crippen molar-refractivity contribution in [3.63, 3.8) is 0 Å². The molecule has 1 saturated carbocycles. The van der Waals surface area contributed by atoms with Gasteiger partial charge in [-0.3, -0.25) is 4.79 Å². The highest BCUT2D eigenvalue weighted by atomic mass is 32.2. The van der Waals surface area contributed by atoms with Crippen molar-refractivity contribution in [2.45, 2.75) is 37.6 Å². The summed E-state index contributed by atoms with van der Waals surface area (Å²) in [7, 11) is -2.13. The molecule has 25 heavy (non-hydrogen) atoms. The number of rotatable bonds is 6. The van der Waals surface area contributed by atoms with Crippen molar-refractivity contribution in [1.82, 2.24) is 4.72 Å². The van der Waals surface area contributed by atoms with E-state index in [0.717, 1.165) is 22.6 Å². The number of ether oxygens (including phenoxy) is 1. The molecule has 6 nitrogen and oxygen atoms in total. The molecule has 134 valence electrons. The van der Waals surface area contributed by atoms with Crippen LogP contribution < -0.4 is 14.8 Å². The van der Waals surface area contributed by atoms with E-state index in [0.29, 0.717) is 17.0 Å². The quantitative estimate of drug-likeness (QED) is 0.807. The molecule has 1 aromatic carbocycles. The highest BCUT2D eigenvalue weighted by Crippen LogP contribution is 2.30. The third-order valence-electron chi connectivity index (χ3n) is 3.91. The Morgan fingerprint density at radius 3 is 2.52 bits per heavy atom. The first kappa shape index (κ1) is 17.9. The van der Waals surface area contributed by atoms with Crippen LogP contribution in [0.5, 0.6) is 5.75 Å². The van der Waals surface area contributed by atoms with Gasteiger partial charge in [0.05, 0.1) is 23.3 Å². The summed E-state index contributed by atoms with van der Waals surface area (Å²) in [6, 6.07) is 6.27. The second-order valence-electron chi connectivity index (χ2n) is 6.04. The number of methoxy groups -OCH3 is 1. The molecular weight excluding hydrogens is 360 g/mol. The van der Waals surface area contributed by atoms with E-state index in [2.05, 4.69) is 10.0 Å². The number of aryl methyl sites for hydroxylation is 2. The minimum absolute atomic E-state index is 0.0153.